The van der Waals surface area contributed by atoms with Crippen molar-refractivity contribution >= 4 is 27.5 Å². The molecule has 0 unspecified atom stereocenters. The molecule has 0 aliphatic rings. The second-order valence-electron chi connectivity index (χ2n) is 4.38. The van der Waals surface area contributed by atoms with Gasteiger partial charge in [-0.25, -0.2) is 0 Å². The molecule has 108 valence electrons. The number of aliphatic hydroxyl groups excluding tert-OH is 1. The normalized spacial score (nSPS) is 10.8. The van der Waals surface area contributed by atoms with E-state index in [1.807, 2.05) is 32.2 Å². The molecule has 2 rings (SSSR count). The molecule has 1 aromatic carbocycles. The van der Waals surface area contributed by atoms with Crippen LogP contribution in [0.5, 0.6) is 5.75 Å². The van der Waals surface area contributed by atoms with Gasteiger partial charge < -0.3 is 9.84 Å². The number of halogens is 2. The molecule has 1 heterocycles. The predicted molar refractivity (Wildman–Crippen MR) is 82.0 cm³/mol. The molecular formula is C14H16BrClN2O2. The van der Waals surface area contributed by atoms with E-state index in [2.05, 4.69) is 21.0 Å². The number of aryl methyl sites for hydroxylation is 2. The summed E-state index contributed by atoms with van der Waals surface area (Å²) in [4.78, 5) is 0. The van der Waals surface area contributed by atoms with E-state index in [0.29, 0.717) is 17.4 Å². The second kappa shape index (κ2) is 6.61. The van der Waals surface area contributed by atoms with Gasteiger partial charge in [-0.3, -0.25) is 4.68 Å². The van der Waals surface area contributed by atoms with E-state index < -0.39 is 0 Å². The number of ether oxygens (including phenoxy) is 1. The van der Waals surface area contributed by atoms with Crippen LogP contribution in [0.4, 0.5) is 0 Å². The average Bonchev–Trinajstić information content (AvgIpc) is 2.72. The van der Waals surface area contributed by atoms with Gasteiger partial charge in [-0.15, -0.1) is 0 Å². The Balaban J connectivity index is 2.19. The van der Waals surface area contributed by atoms with Gasteiger partial charge in [-0.05, 0) is 24.6 Å². The van der Waals surface area contributed by atoms with Crippen molar-refractivity contribution in [3.63, 3.8) is 0 Å². The minimum Gasteiger partial charge on any atom is -0.487 e. The molecule has 0 aliphatic heterocycles. The van der Waals surface area contributed by atoms with E-state index in [1.54, 1.807) is 4.68 Å². The minimum absolute atomic E-state index is 0.0753. The minimum atomic E-state index is -0.0753. The van der Waals surface area contributed by atoms with Crippen LogP contribution in [0.15, 0.2) is 22.7 Å². The highest BCUT2D eigenvalue weighted by atomic mass is 79.9. The summed E-state index contributed by atoms with van der Waals surface area (Å²) in [7, 11) is 1.85. The molecule has 0 spiro atoms. The lowest BCUT2D eigenvalue weighted by atomic mass is 10.2. The van der Waals surface area contributed by atoms with Crippen molar-refractivity contribution in [1.29, 1.82) is 0 Å². The van der Waals surface area contributed by atoms with Gasteiger partial charge in [-0.2, -0.15) is 5.10 Å². The fourth-order valence-corrected chi connectivity index (χ4v) is 2.69. The smallest absolute Gasteiger partial charge is 0.131 e. The Bertz CT molecular complexity index is 613. The second-order valence-corrected chi connectivity index (χ2v) is 5.68. The van der Waals surface area contributed by atoms with Crippen LogP contribution in [0.25, 0.3) is 0 Å². The summed E-state index contributed by atoms with van der Waals surface area (Å²) >= 11 is 9.64. The van der Waals surface area contributed by atoms with Crippen LogP contribution < -0.4 is 4.74 Å². The summed E-state index contributed by atoms with van der Waals surface area (Å²) in [6.07, 6.45) is 0.785. The quantitative estimate of drug-likeness (QED) is 0.889. The van der Waals surface area contributed by atoms with Gasteiger partial charge in [0.1, 0.15) is 12.4 Å². The van der Waals surface area contributed by atoms with E-state index >= 15 is 0 Å². The maximum Gasteiger partial charge on any atom is 0.131 e. The molecule has 4 nitrogen and oxygen atoms in total. The predicted octanol–water partition coefficient (Wildman–Crippen LogP) is 3.47. The van der Waals surface area contributed by atoms with Crippen LogP contribution >= 0.6 is 27.5 Å². The van der Waals surface area contributed by atoms with E-state index in [-0.39, 0.29) is 6.61 Å². The third kappa shape index (κ3) is 3.16. The maximum atomic E-state index is 9.35. The first-order valence-electron chi connectivity index (χ1n) is 6.29. The monoisotopic (exact) mass is 358 g/mol. The average molecular weight is 360 g/mol. The summed E-state index contributed by atoms with van der Waals surface area (Å²) in [6.45, 7) is 2.25. The number of aromatic nitrogens is 2. The van der Waals surface area contributed by atoms with E-state index in [1.165, 1.54) is 0 Å². The lowest BCUT2D eigenvalue weighted by molar-refractivity contribution is 0.255. The first kappa shape index (κ1) is 15.4. The molecule has 0 radical (unpaired) electrons. The summed E-state index contributed by atoms with van der Waals surface area (Å²) < 4.78 is 8.40. The highest BCUT2D eigenvalue weighted by molar-refractivity contribution is 9.10. The fourth-order valence-electron chi connectivity index (χ4n) is 1.94. The zero-order chi connectivity index (χ0) is 14.7. The Hall–Kier alpha value is -1.04. The molecule has 0 saturated carbocycles. The Kier molecular flexibility index (Phi) is 5.07. The van der Waals surface area contributed by atoms with Crippen LogP contribution in [0, 0.1) is 0 Å². The van der Waals surface area contributed by atoms with Crippen molar-refractivity contribution in [3.05, 3.63) is 44.6 Å². The van der Waals surface area contributed by atoms with Crippen molar-refractivity contribution in [2.24, 2.45) is 7.05 Å². The third-order valence-corrected chi connectivity index (χ3v) is 3.99. The summed E-state index contributed by atoms with van der Waals surface area (Å²) in [6, 6.07) is 5.52. The first-order chi connectivity index (χ1) is 9.56. The topological polar surface area (TPSA) is 47.3 Å². The lowest BCUT2D eigenvalue weighted by Gasteiger charge is -2.11. The highest BCUT2D eigenvalue weighted by Crippen LogP contribution is 2.26. The van der Waals surface area contributed by atoms with Crippen molar-refractivity contribution in [2.45, 2.75) is 26.6 Å². The summed E-state index contributed by atoms with van der Waals surface area (Å²) in [5, 5.41) is 14.3. The molecule has 0 atom stereocenters. The zero-order valence-electron chi connectivity index (χ0n) is 11.4. The lowest BCUT2D eigenvalue weighted by Crippen LogP contribution is -2.05. The Labute approximate surface area is 131 Å². The van der Waals surface area contributed by atoms with E-state index in [4.69, 9.17) is 16.3 Å². The molecule has 1 N–H and O–H groups in total. The number of benzene rings is 1. The van der Waals surface area contributed by atoms with Crippen LogP contribution in [0.3, 0.4) is 0 Å². The van der Waals surface area contributed by atoms with E-state index in [0.717, 1.165) is 27.8 Å². The molecular weight excluding hydrogens is 344 g/mol. The Morgan fingerprint density at radius 2 is 2.20 bits per heavy atom. The summed E-state index contributed by atoms with van der Waals surface area (Å²) in [5.74, 6) is 0.644. The van der Waals surface area contributed by atoms with E-state index in [9.17, 15) is 5.11 Å². The van der Waals surface area contributed by atoms with Crippen LogP contribution in [-0.2, 0) is 26.7 Å². The van der Waals surface area contributed by atoms with Crippen LogP contribution in [0.1, 0.15) is 23.9 Å². The number of aliphatic hydroxyl groups is 1. The summed E-state index contributed by atoms with van der Waals surface area (Å²) in [5.41, 5.74) is 2.43. The number of hydrogen-bond donors (Lipinski definition) is 1. The Morgan fingerprint density at radius 3 is 2.80 bits per heavy atom. The van der Waals surface area contributed by atoms with Gasteiger partial charge in [0.2, 0.25) is 0 Å². The van der Waals surface area contributed by atoms with Crippen LogP contribution in [0.2, 0.25) is 5.02 Å². The molecule has 2 aromatic rings. The maximum absolute atomic E-state index is 9.35. The third-order valence-electron chi connectivity index (χ3n) is 3.06. The standard InChI is InChI=1S/C14H16BrClN2O2/c1-3-11-14(16)12(18(2)17-11)8-20-13-5-4-10(15)6-9(13)7-19/h4-6,19H,3,7-8H2,1-2H3. The zero-order valence-corrected chi connectivity index (χ0v) is 13.7. The van der Waals surface area contributed by atoms with Crippen molar-refractivity contribution in [2.75, 3.05) is 0 Å². The molecule has 6 heteroatoms. The van der Waals surface area contributed by atoms with Gasteiger partial charge in [0, 0.05) is 17.1 Å². The van der Waals surface area contributed by atoms with Gasteiger partial charge in [0.05, 0.1) is 23.0 Å². The first-order valence-corrected chi connectivity index (χ1v) is 7.46. The Morgan fingerprint density at radius 1 is 1.45 bits per heavy atom. The van der Waals surface area contributed by atoms with Gasteiger partial charge in [0.25, 0.3) is 0 Å². The van der Waals surface area contributed by atoms with Gasteiger partial charge in [0.15, 0.2) is 0 Å². The molecule has 1 aromatic heterocycles. The molecule has 0 fully saturated rings. The van der Waals surface area contributed by atoms with Gasteiger partial charge >= 0.3 is 0 Å². The number of rotatable bonds is 5. The molecule has 0 amide bonds. The number of hydrogen-bond acceptors (Lipinski definition) is 3. The SMILES string of the molecule is CCc1nn(C)c(COc2ccc(Br)cc2CO)c1Cl. The highest BCUT2D eigenvalue weighted by Gasteiger charge is 2.14. The largest absolute Gasteiger partial charge is 0.487 e. The molecule has 0 saturated heterocycles. The molecule has 0 aliphatic carbocycles. The van der Waals surface area contributed by atoms with Crippen LogP contribution in [-0.4, -0.2) is 14.9 Å². The molecule has 20 heavy (non-hydrogen) atoms. The molecule has 0 bridgehead atoms. The van der Waals surface area contributed by atoms with Gasteiger partial charge in [-0.1, -0.05) is 34.5 Å². The fraction of sp³-hybridized carbons (Fsp3) is 0.357. The number of nitrogens with zero attached hydrogens (tertiary/aromatic N) is 2. The van der Waals surface area contributed by atoms with Crippen molar-refractivity contribution in [1.82, 2.24) is 9.78 Å². The van der Waals surface area contributed by atoms with Crippen molar-refractivity contribution < 1.29 is 9.84 Å². The van der Waals surface area contributed by atoms with Crippen molar-refractivity contribution in [3.8, 4) is 5.75 Å².